The molecule has 1 unspecified atom stereocenters. The van der Waals surface area contributed by atoms with Crippen molar-refractivity contribution < 1.29 is 13.6 Å². The van der Waals surface area contributed by atoms with Gasteiger partial charge in [0.2, 0.25) is 0 Å². The number of amides is 2. The number of likely N-dealkylation sites (N-methyl/N-ethyl adjacent to an activating group) is 1. The van der Waals surface area contributed by atoms with Crippen LogP contribution in [0.4, 0.5) is 25.2 Å². The summed E-state index contributed by atoms with van der Waals surface area (Å²) in [4.78, 5) is 23.0. The van der Waals surface area contributed by atoms with E-state index in [2.05, 4.69) is 20.3 Å². The number of benzene rings is 1. The number of halogens is 2. The summed E-state index contributed by atoms with van der Waals surface area (Å²) in [6.45, 7) is 3.65. The molecule has 0 saturated carbocycles. The zero-order chi connectivity index (χ0) is 22.2. The average Bonchev–Trinajstić information content (AvgIpc) is 3.43. The van der Waals surface area contributed by atoms with Gasteiger partial charge >= 0.3 is 6.03 Å². The van der Waals surface area contributed by atoms with Crippen molar-refractivity contribution in [1.29, 1.82) is 0 Å². The maximum Gasteiger partial charge on any atom is 0.323 e. The van der Waals surface area contributed by atoms with Crippen LogP contribution in [-0.4, -0.2) is 70.2 Å². The van der Waals surface area contributed by atoms with Crippen molar-refractivity contribution in [2.24, 2.45) is 0 Å². The van der Waals surface area contributed by atoms with Crippen LogP contribution in [-0.2, 0) is 0 Å². The van der Waals surface area contributed by atoms with E-state index in [1.165, 1.54) is 12.1 Å². The number of imidazole rings is 1. The van der Waals surface area contributed by atoms with Crippen LogP contribution < -0.4 is 10.2 Å². The molecule has 0 radical (unpaired) electrons. The van der Waals surface area contributed by atoms with Crippen molar-refractivity contribution >= 4 is 23.3 Å². The van der Waals surface area contributed by atoms with E-state index >= 15 is 0 Å². The molecule has 1 aromatic carbocycles. The van der Waals surface area contributed by atoms with E-state index in [0.29, 0.717) is 48.9 Å². The summed E-state index contributed by atoms with van der Waals surface area (Å²) in [6, 6.07) is 6.70. The topological polar surface area (TPSA) is 69.0 Å². The van der Waals surface area contributed by atoms with E-state index in [9.17, 15) is 13.6 Å². The minimum atomic E-state index is -0.458. The first-order valence-electron chi connectivity index (χ1n) is 10.8. The molecule has 8 nitrogen and oxygen atoms in total. The molecule has 2 saturated heterocycles. The smallest absolute Gasteiger partial charge is 0.323 e. The zero-order valence-corrected chi connectivity index (χ0v) is 17.8. The number of nitrogens with zero attached hydrogens (tertiary/aromatic N) is 6. The number of hydrogen-bond donors (Lipinski definition) is 1. The monoisotopic (exact) mass is 441 g/mol. The van der Waals surface area contributed by atoms with Gasteiger partial charge in [-0.25, -0.2) is 18.6 Å². The second-order valence-corrected chi connectivity index (χ2v) is 8.34. The predicted octanol–water partition coefficient (Wildman–Crippen LogP) is 3.13. The van der Waals surface area contributed by atoms with Gasteiger partial charge in [0.05, 0.1) is 12.2 Å². The number of nitrogens with one attached hydrogen (secondary N) is 1. The van der Waals surface area contributed by atoms with E-state index in [0.717, 1.165) is 25.6 Å². The summed E-state index contributed by atoms with van der Waals surface area (Å²) in [7, 11) is 2.03. The highest BCUT2D eigenvalue weighted by molar-refractivity contribution is 5.88. The van der Waals surface area contributed by atoms with Gasteiger partial charge < -0.3 is 14.7 Å². The van der Waals surface area contributed by atoms with Crippen LogP contribution in [0.1, 0.15) is 24.4 Å². The first-order chi connectivity index (χ1) is 15.5. The molecule has 168 valence electrons. The third-order valence-corrected chi connectivity index (χ3v) is 6.24. The van der Waals surface area contributed by atoms with Gasteiger partial charge in [0.15, 0.2) is 11.5 Å². The van der Waals surface area contributed by atoms with Gasteiger partial charge in [-0.1, -0.05) is 0 Å². The molecule has 1 N–H and O–H groups in total. The van der Waals surface area contributed by atoms with Crippen LogP contribution in [0.2, 0.25) is 0 Å². The largest absolute Gasteiger partial charge is 0.348 e. The summed E-state index contributed by atoms with van der Waals surface area (Å²) >= 11 is 0. The Morgan fingerprint density at radius 2 is 1.91 bits per heavy atom. The predicted molar refractivity (Wildman–Crippen MR) is 117 cm³/mol. The fourth-order valence-electron chi connectivity index (χ4n) is 4.43. The fraction of sp³-hybridized carbons (Fsp3) is 0.409. The van der Waals surface area contributed by atoms with Gasteiger partial charge in [0.25, 0.3) is 0 Å². The van der Waals surface area contributed by atoms with Crippen molar-refractivity contribution in [3.63, 3.8) is 0 Å². The van der Waals surface area contributed by atoms with Crippen LogP contribution in [0.25, 0.3) is 5.65 Å². The lowest BCUT2D eigenvalue weighted by atomic mass is 10.0. The molecule has 3 aromatic rings. The van der Waals surface area contributed by atoms with Crippen molar-refractivity contribution in [3.05, 3.63) is 53.7 Å². The van der Waals surface area contributed by atoms with Gasteiger partial charge in [0, 0.05) is 38.3 Å². The van der Waals surface area contributed by atoms with Crippen molar-refractivity contribution in [3.8, 4) is 0 Å². The molecular formula is C22H25F2N7O. The summed E-state index contributed by atoms with van der Waals surface area (Å²) < 4.78 is 29.8. The van der Waals surface area contributed by atoms with Crippen molar-refractivity contribution in [1.82, 2.24) is 24.4 Å². The SMILES string of the molecule is CN1CCN(C(=O)Nc2cnc3ccc(N4CCCC4c4cc(F)ccc4F)nn23)CC1. The fourth-order valence-corrected chi connectivity index (χ4v) is 4.43. The highest BCUT2D eigenvalue weighted by Crippen LogP contribution is 2.36. The van der Waals surface area contributed by atoms with Crippen LogP contribution in [0.5, 0.6) is 0 Å². The number of rotatable bonds is 3. The molecule has 0 spiro atoms. The third-order valence-electron chi connectivity index (χ3n) is 6.24. The number of fused-ring (bicyclic) bond motifs is 1. The number of aromatic nitrogens is 3. The normalized spacial score (nSPS) is 19.7. The number of urea groups is 1. The van der Waals surface area contributed by atoms with Crippen LogP contribution in [0, 0.1) is 11.6 Å². The van der Waals surface area contributed by atoms with Crippen LogP contribution in [0.15, 0.2) is 36.5 Å². The zero-order valence-electron chi connectivity index (χ0n) is 17.8. The molecule has 32 heavy (non-hydrogen) atoms. The summed E-state index contributed by atoms with van der Waals surface area (Å²) in [5.74, 6) is 0.211. The van der Waals surface area contributed by atoms with Gasteiger partial charge in [-0.2, -0.15) is 4.52 Å². The Kier molecular flexibility index (Phi) is 5.38. The molecule has 2 aromatic heterocycles. The van der Waals surface area contributed by atoms with E-state index in [1.54, 1.807) is 15.6 Å². The minimum Gasteiger partial charge on any atom is -0.348 e. The Balaban J connectivity index is 1.41. The number of anilines is 2. The maximum atomic E-state index is 14.4. The van der Waals surface area contributed by atoms with E-state index in [1.807, 2.05) is 24.1 Å². The Morgan fingerprint density at radius 3 is 2.72 bits per heavy atom. The summed E-state index contributed by atoms with van der Waals surface area (Å²) in [6.07, 6.45) is 3.13. The molecule has 4 heterocycles. The van der Waals surface area contributed by atoms with Gasteiger partial charge in [-0.3, -0.25) is 5.32 Å². The second-order valence-electron chi connectivity index (χ2n) is 8.34. The Labute approximate surface area is 184 Å². The van der Waals surface area contributed by atoms with Crippen molar-refractivity contribution in [2.45, 2.75) is 18.9 Å². The first kappa shape index (κ1) is 20.6. The van der Waals surface area contributed by atoms with Crippen molar-refractivity contribution in [2.75, 3.05) is 50.0 Å². The quantitative estimate of drug-likeness (QED) is 0.677. The Morgan fingerprint density at radius 1 is 1.09 bits per heavy atom. The van der Waals surface area contributed by atoms with Gasteiger partial charge in [-0.15, -0.1) is 5.10 Å². The van der Waals surface area contributed by atoms with E-state index in [4.69, 9.17) is 0 Å². The number of piperazine rings is 1. The van der Waals surface area contributed by atoms with Crippen LogP contribution >= 0.6 is 0 Å². The number of carbonyl (C=O) groups excluding carboxylic acids is 1. The number of hydrogen-bond acceptors (Lipinski definition) is 5. The standard InChI is InChI=1S/C22H25F2N7O/c1-28-9-11-29(12-10-28)22(32)26-21-14-25-19-6-7-20(27-31(19)21)30-8-2-3-18(30)16-13-15(23)4-5-17(16)24/h4-7,13-14,18H,2-3,8-12H2,1H3,(H,26,32). The molecule has 1 atom stereocenters. The Hall–Kier alpha value is -3.27. The van der Waals surface area contributed by atoms with Crippen LogP contribution in [0.3, 0.4) is 0 Å². The molecule has 0 bridgehead atoms. The molecule has 2 amide bonds. The maximum absolute atomic E-state index is 14.4. The lowest BCUT2D eigenvalue weighted by molar-refractivity contribution is 0.164. The van der Waals surface area contributed by atoms with Gasteiger partial charge in [-0.05, 0) is 50.2 Å². The van der Waals surface area contributed by atoms with E-state index in [-0.39, 0.29) is 12.1 Å². The molecular weight excluding hydrogens is 416 g/mol. The summed E-state index contributed by atoms with van der Waals surface area (Å²) in [5.41, 5.74) is 0.925. The summed E-state index contributed by atoms with van der Waals surface area (Å²) in [5, 5.41) is 7.58. The average molecular weight is 441 g/mol. The molecule has 10 heteroatoms. The highest BCUT2D eigenvalue weighted by atomic mass is 19.1. The van der Waals surface area contributed by atoms with Gasteiger partial charge in [0.1, 0.15) is 17.5 Å². The molecule has 2 fully saturated rings. The first-order valence-corrected chi connectivity index (χ1v) is 10.8. The Bertz CT molecular complexity index is 1140. The molecule has 2 aliphatic heterocycles. The molecule has 5 rings (SSSR count). The second kappa shape index (κ2) is 8.34. The lowest BCUT2D eigenvalue weighted by Crippen LogP contribution is -2.48. The number of carbonyl (C=O) groups is 1. The lowest BCUT2D eigenvalue weighted by Gasteiger charge is -2.32. The molecule has 2 aliphatic rings. The van der Waals surface area contributed by atoms with E-state index < -0.39 is 11.6 Å². The minimum absolute atomic E-state index is 0.187. The molecule has 0 aliphatic carbocycles. The third kappa shape index (κ3) is 3.86. The highest BCUT2D eigenvalue weighted by Gasteiger charge is 2.30.